The molecule has 0 spiro atoms. The van der Waals surface area contributed by atoms with Gasteiger partial charge < -0.3 is 10.6 Å². The summed E-state index contributed by atoms with van der Waals surface area (Å²) in [6.07, 6.45) is 2.63. The van der Waals surface area contributed by atoms with Gasteiger partial charge in [-0.2, -0.15) is 0 Å². The molecule has 4 rings (SSSR count). The van der Waals surface area contributed by atoms with Crippen LogP contribution in [0.1, 0.15) is 25.3 Å². The van der Waals surface area contributed by atoms with E-state index in [1.807, 2.05) is 4.90 Å². The number of pyridine rings is 1. The molecule has 1 saturated heterocycles. The van der Waals surface area contributed by atoms with Crippen LogP contribution in [-0.2, 0) is 0 Å². The lowest BCUT2D eigenvalue weighted by Gasteiger charge is -2.19. The van der Waals surface area contributed by atoms with E-state index >= 15 is 0 Å². The van der Waals surface area contributed by atoms with Crippen LogP contribution < -0.4 is 21.9 Å². The molecular formula is C15H18FN5O2. The second kappa shape index (κ2) is 5.16. The topological polar surface area (TPSA) is 97.0 Å². The monoisotopic (exact) mass is 319 g/mol. The number of hydrogen-bond donors (Lipinski definition) is 2. The highest BCUT2D eigenvalue weighted by Gasteiger charge is 2.30. The molecule has 0 radical (unpaired) electrons. The second-order valence-corrected chi connectivity index (χ2v) is 6.36. The first kappa shape index (κ1) is 14.4. The first-order valence-corrected chi connectivity index (χ1v) is 7.88. The zero-order valence-electron chi connectivity index (χ0n) is 12.6. The smallest absolute Gasteiger partial charge is 0.330 e. The van der Waals surface area contributed by atoms with Gasteiger partial charge in [-0.3, -0.25) is 14.3 Å². The van der Waals surface area contributed by atoms with E-state index in [9.17, 15) is 14.0 Å². The molecule has 0 aromatic carbocycles. The van der Waals surface area contributed by atoms with Gasteiger partial charge in [-0.25, -0.2) is 14.2 Å². The van der Waals surface area contributed by atoms with Crippen molar-refractivity contribution >= 4 is 16.9 Å². The van der Waals surface area contributed by atoms with Crippen molar-refractivity contribution < 1.29 is 4.39 Å². The Bertz CT molecular complexity index is 886. The summed E-state index contributed by atoms with van der Waals surface area (Å²) in [6.45, 7) is 1.87. The van der Waals surface area contributed by atoms with Crippen molar-refractivity contribution in [2.75, 3.05) is 24.5 Å². The van der Waals surface area contributed by atoms with E-state index in [1.165, 1.54) is 10.6 Å². The van der Waals surface area contributed by atoms with Gasteiger partial charge in [0.25, 0.3) is 5.56 Å². The largest absolute Gasteiger partial charge is 0.354 e. The van der Waals surface area contributed by atoms with Crippen LogP contribution in [-0.4, -0.2) is 34.2 Å². The first-order chi connectivity index (χ1) is 11.1. The molecular weight excluding hydrogens is 301 g/mol. The molecule has 2 aromatic heterocycles. The lowest BCUT2D eigenvalue weighted by atomic mass is 10.1. The van der Waals surface area contributed by atoms with Crippen LogP contribution in [0.4, 0.5) is 10.2 Å². The molecule has 1 aliphatic heterocycles. The molecule has 1 atom stereocenters. The quantitative estimate of drug-likeness (QED) is 0.850. The molecule has 8 heteroatoms. The van der Waals surface area contributed by atoms with E-state index in [2.05, 4.69) is 9.97 Å². The molecule has 2 aromatic rings. The molecule has 0 bridgehead atoms. The van der Waals surface area contributed by atoms with Crippen molar-refractivity contribution in [2.24, 2.45) is 11.7 Å². The minimum atomic E-state index is -0.596. The Labute approximate surface area is 130 Å². The average molecular weight is 319 g/mol. The van der Waals surface area contributed by atoms with Gasteiger partial charge in [0.15, 0.2) is 17.3 Å². The number of H-pyrrole nitrogens is 1. The minimum Gasteiger partial charge on any atom is -0.354 e. The number of rotatable bonds is 3. The molecule has 1 saturated carbocycles. The third kappa shape index (κ3) is 2.33. The Morgan fingerprint density at radius 3 is 2.78 bits per heavy atom. The number of fused-ring (bicyclic) bond motifs is 1. The van der Waals surface area contributed by atoms with Gasteiger partial charge in [0.2, 0.25) is 0 Å². The van der Waals surface area contributed by atoms with Crippen LogP contribution in [0, 0.1) is 11.7 Å². The number of hydrogen-bond acceptors (Lipinski definition) is 5. The van der Waals surface area contributed by atoms with E-state index in [0.29, 0.717) is 25.6 Å². The van der Waals surface area contributed by atoms with E-state index in [0.717, 1.165) is 19.3 Å². The Kier molecular flexibility index (Phi) is 3.22. The fourth-order valence-corrected chi connectivity index (χ4v) is 3.25. The molecule has 1 unspecified atom stereocenters. The second-order valence-electron chi connectivity index (χ2n) is 6.36. The number of halogens is 1. The number of nitrogens with zero attached hydrogens (tertiary/aromatic N) is 3. The Balaban J connectivity index is 1.90. The summed E-state index contributed by atoms with van der Waals surface area (Å²) < 4.78 is 15.9. The van der Waals surface area contributed by atoms with Crippen molar-refractivity contribution in [3.63, 3.8) is 0 Å². The predicted molar refractivity (Wildman–Crippen MR) is 84.2 cm³/mol. The normalized spacial score (nSPS) is 21.3. The summed E-state index contributed by atoms with van der Waals surface area (Å²) in [5.74, 6) is -0.0220. The number of aromatic nitrogens is 3. The van der Waals surface area contributed by atoms with Gasteiger partial charge in [-0.05, 0) is 37.8 Å². The highest BCUT2D eigenvalue weighted by molar-refractivity contribution is 5.76. The van der Waals surface area contributed by atoms with Crippen molar-refractivity contribution in [3.8, 4) is 0 Å². The standard InChI is InChI=1S/C15H18FN5O2/c16-11-5-10-12(18-13(11)20-4-3-8(6-17)7-20)21(9-1-2-9)15(23)19-14(10)22/h5,8-9H,1-4,6-7,17H2,(H,19,22,23). The van der Waals surface area contributed by atoms with Crippen LogP contribution in [0.5, 0.6) is 0 Å². The number of nitrogens with two attached hydrogens (primary N) is 1. The zero-order valence-corrected chi connectivity index (χ0v) is 12.6. The van der Waals surface area contributed by atoms with Crippen LogP contribution in [0.25, 0.3) is 11.0 Å². The van der Waals surface area contributed by atoms with Gasteiger partial charge in [0, 0.05) is 19.1 Å². The molecule has 2 fully saturated rings. The molecule has 0 amide bonds. The van der Waals surface area contributed by atoms with Gasteiger partial charge in [-0.15, -0.1) is 0 Å². The third-order valence-electron chi connectivity index (χ3n) is 4.68. The van der Waals surface area contributed by atoms with Gasteiger partial charge in [-0.1, -0.05) is 0 Å². The summed E-state index contributed by atoms with van der Waals surface area (Å²) in [5.41, 5.74) is 4.88. The molecule has 2 aliphatic rings. The third-order valence-corrected chi connectivity index (χ3v) is 4.68. The molecule has 1 aliphatic carbocycles. The Morgan fingerprint density at radius 1 is 1.35 bits per heavy atom. The lowest BCUT2D eigenvalue weighted by molar-refractivity contribution is 0.594. The number of anilines is 1. The lowest BCUT2D eigenvalue weighted by Crippen LogP contribution is -2.31. The van der Waals surface area contributed by atoms with Crippen LogP contribution in [0.2, 0.25) is 0 Å². The number of aromatic amines is 1. The molecule has 122 valence electrons. The van der Waals surface area contributed by atoms with E-state index in [-0.39, 0.29) is 22.9 Å². The van der Waals surface area contributed by atoms with E-state index in [1.54, 1.807) is 0 Å². The van der Waals surface area contributed by atoms with E-state index < -0.39 is 17.1 Å². The maximum Gasteiger partial charge on any atom is 0.330 e. The Hall–Kier alpha value is -2.22. The van der Waals surface area contributed by atoms with Crippen LogP contribution in [0.15, 0.2) is 15.7 Å². The summed E-state index contributed by atoms with van der Waals surface area (Å²) >= 11 is 0. The maximum absolute atomic E-state index is 14.5. The maximum atomic E-state index is 14.5. The fraction of sp³-hybridized carbons (Fsp3) is 0.533. The van der Waals surface area contributed by atoms with Crippen molar-refractivity contribution in [3.05, 3.63) is 32.7 Å². The number of nitrogens with one attached hydrogen (secondary N) is 1. The van der Waals surface area contributed by atoms with Crippen molar-refractivity contribution in [1.29, 1.82) is 0 Å². The summed E-state index contributed by atoms with van der Waals surface area (Å²) in [7, 11) is 0. The van der Waals surface area contributed by atoms with Crippen LogP contribution >= 0.6 is 0 Å². The highest BCUT2D eigenvalue weighted by atomic mass is 19.1. The summed E-state index contributed by atoms with van der Waals surface area (Å²) in [5, 5.41) is 0.118. The molecule has 23 heavy (non-hydrogen) atoms. The fourth-order valence-electron chi connectivity index (χ4n) is 3.25. The highest BCUT2D eigenvalue weighted by Crippen LogP contribution is 2.35. The Morgan fingerprint density at radius 2 is 2.13 bits per heavy atom. The predicted octanol–water partition coefficient (Wildman–Crippen LogP) is 0.344. The minimum absolute atomic E-state index is 0.0445. The summed E-state index contributed by atoms with van der Waals surface area (Å²) in [4.78, 5) is 32.5. The first-order valence-electron chi connectivity index (χ1n) is 7.88. The van der Waals surface area contributed by atoms with Gasteiger partial charge in [0.1, 0.15) is 0 Å². The SMILES string of the molecule is NCC1CCN(c2nc3c(cc2F)c(=O)[nH]c(=O)n3C2CC2)C1. The van der Waals surface area contributed by atoms with Crippen molar-refractivity contribution in [1.82, 2.24) is 14.5 Å². The average Bonchev–Trinajstić information content (AvgIpc) is 3.23. The zero-order chi connectivity index (χ0) is 16.1. The van der Waals surface area contributed by atoms with E-state index in [4.69, 9.17) is 5.73 Å². The molecule has 3 N–H and O–H groups in total. The van der Waals surface area contributed by atoms with Crippen LogP contribution in [0.3, 0.4) is 0 Å². The summed E-state index contributed by atoms with van der Waals surface area (Å²) in [6, 6.07) is 1.23. The van der Waals surface area contributed by atoms with Gasteiger partial charge >= 0.3 is 5.69 Å². The van der Waals surface area contributed by atoms with Gasteiger partial charge in [0.05, 0.1) is 5.39 Å². The molecule has 3 heterocycles. The van der Waals surface area contributed by atoms with Crippen molar-refractivity contribution in [2.45, 2.75) is 25.3 Å². The molecule has 7 nitrogen and oxygen atoms in total.